The lowest BCUT2D eigenvalue weighted by molar-refractivity contribution is -0.116. The first-order valence-corrected chi connectivity index (χ1v) is 9.16. The minimum absolute atomic E-state index is 0.0206. The summed E-state index contributed by atoms with van der Waals surface area (Å²) in [7, 11) is 0. The molecule has 0 aliphatic carbocycles. The smallest absolute Gasteiger partial charge is 0.251 e. The summed E-state index contributed by atoms with van der Waals surface area (Å²) < 4.78 is 0. The Labute approximate surface area is 147 Å². The molecule has 0 atom stereocenters. The molecule has 0 fully saturated rings. The number of hydrogen-bond donors (Lipinski definition) is 2. The van der Waals surface area contributed by atoms with E-state index in [4.69, 9.17) is 0 Å². The van der Waals surface area contributed by atoms with E-state index in [-0.39, 0.29) is 11.8 Å². The molecule has 0 aliphatic heterocycles. The lowest BCUT2D eigenvalue weighted by atomic mass is 10.1. The minimum atomic E-state index is -0.0945. The van der Waals surface area contributed by atoms with Crippen LogP contribution in [0.25, 0.3) is 0 Å². The zero-order chi connectivity index (χ0) is 17.4. The van der Waals surface area contributed by atoms with Gasteiger partial charge in [0.2, 0.25) is 5.91 Å². The summed E-state index contributed by atoms with van der Waals surface area (Å²) in [6, 6.07) is 15.0. The van der Waals surface area contributed by atoms with E-state index < -0.39 is 0 Å². The predicted octanol–water partition coefficient (Wildman–Crippen LogP) is 4.08. The Hall–Kier alpha value is -2.27. The molecule has 126 valence electrons. The summed E-state index contributed by atoms with van der Waals surface area (Å²) in [6.45, 7) is 2.42. The maximum atomic E-state index is 12.1. The number of anilines is 1. The van der Waals surface area contributed by atoms with Crippen molar-refractivity contribution >= 4 is 29.3 Å². The van der Waals surface area contributed by atoms with Gasteiger partial charge >= 0.3 is 0 Å². The van der Waals surface area contributed by atoms with E-state index in [9.17, 15) is 9.59 Å². The second-order valence-corrected chi connectivity index (χ2v) is 6.29. The van der Waals surface area contributed by atoms with Gasteiger partial charge in [0.15, 0.2) is 0 Å². The van der Waals surface area contributed by atoms with Crippen molar-refractivity contribution in [2.45, 2.75) is 31.2 Å². The molecule has 0 heterocycles. The summed E-state index contributed by atoms with van der Waals surface area (Å²) in [4.78, 5) is 24.8. The second-order valence-electron chi connectivity index (χ2n) is 5.41. The molecule has 0 spiro atoms. The Morgan fingerprint density at radius 3 is 2.25 bits per heavy atom. The van der Waals surface area contributed by atoms with Crippen LogP contribution >= 0.6 is 11.8 Å². The molecule has 0 saturated heterocycles. The molecular weight excluding hydrogens is 320 g/mol. The number of nitrogens with one attached hydrogen (secondary N) is 2. The monoisotopic (exact) mass is 342 g/mol. The quantitative estimate of drug-likeness (QED) is 0.746. The van der Waals surface area contributed by atoms with Gasteiger partial charge < -0.3 is 10.6 Å². The van der Waals surface area contributed by atoms with Gasteiger partial charge in [-0.2, -0.15) is 0 Å². The molecule has 0 saturated carbocycles. The van der Waals surface area contributed by atoms with E-state index in [0.29, 0.717) is 18.5 Å². The highest BCUT2D eigenvalue weighted by Gasteiger charge is 2.05. The first-order chi connectivity index (χ1) is 11.6. The van der Waals surface area contributed by atoms with Crippen LogP contribution in [0, 0.1) is 0 Å². The van der Waals surface area contributed by atoms with E-state index >= 15 is 0 Å². The van der Waals surface area contributed by atoms with Gasteiger partial charge in [-0.15, -0.1) is 11.8 Å². The summed E-state index contributed by atoms with van der Waals surface area (Å²) in [5.41, 5.74) is 2.41. The normalized spacial score (nSPS) is 10.2. The SMILES string of the molecule is CCCC(=O)Nc1ccc(CNC(=O)c2ccc(SC)cc2)cc1. The molecule has 0 bridgehead atoms. The van der Waals surface area contributed by atoms with Gasteiger partial charge in [0.1, 0.15) is 0 Å². The first kappa shape index (κ1) is 18.1. The average Bonchev–Trinajstić information content (AvgIpc) is 2.61. The molecule has 0 radical (unpaired) electrons. The second kappa shape index (κ2) is 9.13. The fraction of sp³-hybridized carbons (Fsp3) is 0.263. The minimum Gasteiger partial charge on any atom is -0.348 e. The molecule has 5 heteroatoms. The molecule has 2 rings (SSSR count). The van der Waals surface area contributed by atoms with Crippen LogP contribution < -0.4 is 10.6 Å². The largest absolute Gasteiger partial charge is 0.348 e. The van der Waals surface area contributed by atoms with Crippen LogP contribution in [-0.4, -0.2) is 18.1 Å². The fourth-order valence-electron chi connectivity index (χ4n) is 2.18. The fourth-order valence-corrected chi connectivity index (χ4v) is 2.59. The highest BCUT2D eigenvalue weighted by molar-refractivity contribution is 7.98. The zero-order valence-corrected chi connectivity index (χ0v) is 14.8. The maximum Gasteiger partial charge on any atom is 0.251 e. The molecule has 0 unspecified atom stereocenters. The van der Waals surface area contributed by atoms with Crippen LogP contribution in [0.15, 0.2) is 53.4 Å². The molecule has 2 aromatic carbocycles. The molecule has 0 aliphatic rings. The molecule has 4 nitrogen and oxygen atoms in total. The van der Waals surface area contributed by atoms with Gasteiger partial charge in [-0.1, -0.05) is 19.1 Å². The average molecular weight is 342 g/mol. The Morgan fingerprint density at radius 1 is 1.00 bits per heavy atom. The highest BCUT2D eigenvalue weighted by Crippen LogP contribution is 2.15. The number of benzene rings is 2. The van der Waals surface area contributed by atoms with E-state index in [2.05, 4.69) is 10.6 Å². The van der Waals surface area contributed by atoms with Crippen molar-refractivity contribution in [2.75, 3.05) is 11.6 Å². The molecule has 0 aromatic heterocycles. The molecular formula is C19H22N2O2S. The number of thioether (sulfide) groups is 1. The highest BCUT2D eigenvalue weighted by atomic mass is 32.2. The summed E-state index contributed by atoms with van der Waals surface area (Å²) >= 11 is 1.65. The van der Waals surface area contributed by atoms with Gasteiger partial charge in [-0.3, -0.25) is 9.59 Å². The van der Waals surface area contributed by atoms with Crippen molar-refractivity contribution in [2.24, 2.45) is 0 Å². The standard InChI is InChI=1S/C19H22N2O2S/c1-3-4-18(22)21-16-9-5-14(6-10-16)13-20-19(23)15-7-11-17(24-2)12-8-15/h5-12H,3-4,13H2,1-2H3,(H,20,23)(H,21,22). The number of hydrogen-bond acceptors (Lipinski definition) is 3. The number of carbonyl (C=O) groups excluding carboxylic acids is 2. The third-order valence-corrected chi connectivity index (χ3v) is 4.26. The van der Waals surface area contributed by atoms with Crippen molar-refractivity contribution in [3.05, 3.63) is 59.7 Å². The first-order valence-electron chi connectivity index (χ1n) is 7.93. The van der Waals surface area contributed by atoms with Gasteiger partial charge in [-0.05, 0) is 54.6 Å². The van der Waals surface area contributed by atoms with Gasteiger partial charge in [0.25, 0.3) is 5.91 Å². The zero-order valence-electron chi connectivity index (χ0n) is 14.0. The maximum absolute atomic E-state index is 12.1. The van der Waals surface area contributed by atoms with Crippen LogP contribution in [0.3, 0.4) is 0 Å². The van der Waals surface area contributed by atoms with E-state index in [1.54, 1.807) is 11.8 Å². The van der Waals surface area contributed by atoms with Gasteiger partial charge in [0.05, 0.1) is 0 Å². The van der Waals surface area contributed by atoms with E-state index in [0.717, 1.165) is 22.6 Å². The third-order valence-electron chi connectivity index (χ3n) is 3.52. The van der Waals surface area contributed by atoms with Crippen LogP contribution in [-0.2, 0) is 11.3 Å². The van der Waals surface area contributed by atoms with Crippen molar-refractivity contribution in [1.82, 2.24) is 5.32 Å². The Kier molecular flexibility index (Phi) is 6.88. The lowest BCUT2D eigenvalue weighted by Gasteiger charge is -2.08. The molecule has 2 aromatic rings. The molecule has 2 amide bonds. The van der Waals surface area contributed by atoms with Crippen LogP contribution in [0.4, 0.5) is 5.69 Å². The van der Waals surface area contributed by atoms with Crippen molar-refractivity contribution in [3.63, 3.8) is 0 Å². The Morgan fingerprint density at radius 2 is 1.67 bits per heavy atom. The number of amides is 2. The summed E-state index contributed by atoms with van der Waals surface area (Å²) in [6.07, 6.45) is 3.35. The molecule has 24 heavy (non-hydrogen) atoms. The van der Waals surface area contributed by atoms with Gasteiger partial charge in [-0.25, -0.2) is 0 Å². The van der Waals surface area contributed by atoms with Crippen molar-refractivity contribution < 1.29 is 9.59 Å². The van der Waals surface area contributed by atoms with Crippen LogP contribution in [0.5, 0.6) is 0 Å². The lowest BCUT2D eigenvalue weighted by Crippen LogP contribution is -2.22. The van der Waals surface area contributed by atoms with Crippen LogP contribution in [0.2, 0.25) is 0 Å². The summed E-state index contributed by atoms with van der Waals surface area (Å²) in [5.74, 6) is -0.0739. The van der Waals surface area contributed by atoms with Gasteiger partial charge in [0, 0.05) is 29.1 Å². The van der Waals surface area contributed by atoms with Crippen molar-refractivity contribution in [3.8, 4) is 0 Å². The van der Waals surface area contributed by atoms with E-state index in [1.807, 2.05) is 61.7 Å². The van der Waals surface area contributed by atoms with Crippen molar-refractivity contribution in [1.29, 1.82) is 0 Å². The topological polar surface area (TPSA) is 58.2 Å². The summed E-state index contributed by atoms with van der Waals surface area (Å²) in [5, 5.41) is 5.74. The number of carbonyl (C=O) groups is 2. The predicted molar refractivity (Wildman–Crippen MR) is 99.4 cm³/mol. The van der Waals surface area contributed by atoms with E-state index in [1.165, 1.54) is 0 Å². The van der Waals surface area contributed by atoms with Crippen LogP contribution in [0.1, 0.15) is 35.7 Å². The Balaban J connectivity index is 1.87. The Bertz CT molecular complexity index is 682. The molecule has 2 N–H and O–H groups in total. The number of rotatable bonds is 7. The third kappa shape index (κ3) is 5.42.